The van der Waals surface area contributed by atoms with E-state index in [0.717, 1.165) is 109 Å². The number of thiazole rings is 2. The number of aryl methyl sites for hydroxylation is 2. The summed E-state index contributed by atoms with van der Waals surface area (Å²) in [6.07, 6.45) is 11.9. The molecule has 0 unspecified atom stereocenters. The number of nitrogens with two attached hydrogens (primary N) is 2. The lowest BCUT2D eigenvalue weighted by atomic mass is 10.1. The lowest BCUT2D eigenvalue weighted by molar-refractivity contribution is 0.200. The van der Waals surface area contributed by atoms with Crippen LogP contribution in [0.25, 0.3) is 64.4 Å². The van der Waals surface area contributed by atoms with Crippen LogP contribution in [0.1, 0.15) is 6.42 Å². The summed E-state index contributed by atoms with van der Waals surface area (Å²) in [5.41, 5.74) is 20.5. The first-order valence-electron chi connectivity index (χ1n) is 16.3. The molecule has 8 heterocycles. The second kappa shape index (κ2) is 17.1. The number of pyridine rings is 2. The number of hydrogen-bond acceptors (Lipinski definition) is 16. The molecule has 0 aliphatic heterocycles. The molecule has 12 nitrogen and oxygen atoms in total. The van der Waals surface area contributed by atoms with Crippen molar-refractivity contribution >= 4 is 101 Å². The molecule has 8 rings (SSSR count). The van der Waals surface area contributed by atoms with Crippen LogP contribution in [0.2, 0.25) is 0 Å². The largest absolute Gasteiger partial charge is 0.397 e. The fourth-order valence-corrected chi connectivity index (χ4v) is 11.3. The maximum atomic E-state index is 6.56. The Balaban J connectivity index is 0.000000164. The molecule has 0 radical (unpaired) electrons. The minimum absolute atomic E-state index is 0.685. The van der Waals surface area contributed by atoms with Crippen LogP contribution in [0.4, 0.5) is 11.4 Å². The summed E-state index contributed by atoms with van der Waals surface area (Å²) in [6.45, 7) is 1.44. The number of nitrogen functional groups attached to an aromatic ring is 2. The zero-order valence-corrected chi connectivity index (χ0v) is 34.2. The summed E-state index contributed by atoms with van der Waals surface area (Å²) in [5, 5.41) is 7.71. The zero-order chi connectivity index (χ0) is 36.9. The molecule has 18 heteroatoms. The van der Waals surface area contributed by atoms with Gasteiger partial charge in [-0.1, -0.05) is 0 Å². The van der Waals surface area contributed by atoms with E-state index in [1.807, 2.05) is 46.4 Å². The van der Waals surface area contributed by atoms with E-state index in [9.17, 15) is 0 Å². The topological polar surface area (TPSA) is 158 Å². The predicted molar refractivity (Wildman–Crippen MR) is 225 cm³/mol. The van der Waals surface area contributed by atoms with Gasteiger partial charge in [0.2, 0.25) is 0 Å². The first kappa shape index (κ1) is 37.4. The monoisotopic (exact) mass is 820 g/mol. The molecule has 0 bridgehead atoms. The van der Waals surface area contributed by atoms with Crippen molar-refractivity contribution in [1.82, 2.24) is 39.0 Å². The number of thiophene rings is 2. The van der Waals surface area contributed by atoms with Crippen molar-refractivity contribution in [2.45, 2.75) is 14.8 Å². The number of methoxy groups -OCH3 is 2. The quantitative estimate of drug-likeness (QED) is 0.0844. The Kier molecular flexibility index (Phi) is 12.1. The van der Waals surface area contributed by atoms with Crippen molar-refractivity contribution in [3.05, 3.63) is 60.3 Å². The average Bonchev–Trinajstić information content (AvgIpc) is 4.02. The maximum absolute atomic E-state index is 6.56. The summed E-state index contributed by atoms with van der Waals surface area (Å²) >= 11 is 9.90. The Morgan fingerprint density at radius 2 is 1.19 bits per heavy atom. The molecule has 0 spiro atoms. The van der Waals surface area contributed by atoms with Crippen LogP contribution in [0, 0.1) is 0 Å². The number of anilines is 2. The van der Waals surface area contributed by atoms with Crippen LogP contribution >= 0.6 is 68.9 Å². The van der Waals surface area contributed by atoms with Gasteiger partial charge in [0.05, 0.1) is 62.8 Å². The lowest BCUT2D eigenvalue weighted by Crippen LogP contribution is -1.95. The van der Waals surface area contributed by atoms with Crippen molar-refractivity contribution in [2.24, 2.45) is 14.1 Å². The number of hydrogen-bond donors (Lipinski definition) is 2. The second-order valence-electron chi connectivity index (χ2n) is 11.6. The molecule has 274 valence electrons. The van der Waals surface area contributed by atoms with Gasteiger partial charge in [-0.3, -0.25) is 0 Å². The average molecular weight is 821 g/mol. The summed E-state index contributed by atoms with van der Waals surface area (Å²) in [5.74, 6) is 1.82. The number of fused-ring (bicyclic) bond motifs is 2. The van der Waals surface area contributed by atoms with Gasteiger partial charge in [-0.05, 0) is 18.6 Å². The van der Waals surface area contributed by atoms with E-state index in [1.54, 1.807) is 108 Å². The van der Waals surface area contributed by atoms with Gasteiger partial charge in [0.1, 0.15) is 31.1 Å². The molecule has 8 aromatic heterocycles. The Bertz CT molecular complexity index is 2430. The lowest BCUT2D eigenvalue weighted by Gasteiger charge is -2.08. The van der Waals surface area contributed by atoms with Crippen LogP contribution in [0.15, 0.2) is 68.8 Å². The number of rotatable bonds is 13. The van der Waals surface area contributed by atoms with E-state index in [1.165, 1.54) is 0 Å². The summed E-state index contributed by atoms with van der Waals surface area (Å²) in [6, 6.07) is 4.13. The molecule has 0 saturated heterocycles. The van der Waals surface area contributed by atoms with Crippen LogP contribution in [-0.2, 0) is 23.6 Å². The molecule has 0 atom stereocenters. The molecule has 0 saturated carbocycles. The normalized spacial score (nSPS) is 11.5. The van der Waals surface area contributed by atoms with E-state index < -0.39 is 0 Å². The molecule has 0 aliphatic carbocycles. The van der Waals surface area contributed by atoms with E-state index in [4.69, 9.17) is 30.9 Å². The molecular weight excluding hydrogens is 785 g/mol. The van der Waals surface area contributed by atoms with Gasteiger partial charge in [0.25, 0.3) is 0 Å². The molecule has 8 aromatic rings. The standard InChI is InChI=1S/C18H19N5OS3.C17H17N5OS3/c1-23-10-20-9-13(23)11-8-12(16-21-4-7-25-16)22-17-14(11)15(19)18(27-17)26-6-3-5-24-2;1-22-9-19-8-12(22)10-7-11(15-20-3-5-24-15)21-16-13(10)14(18)17(26-16)25-6-4-23-2/h4,7-10H,3,5-6,19H2,1-2H3;3,5,7-9H,4,6,18H2,1-2H3. The summed E-state index contributed by atoms with van der Waals surface area (Å²) in [4.78, 5) is 28.9. The number of thioether (sulfide) groups is 2. The van der Waals surface area contributed by atoms with Crippen molar-refractivity contribution in [3.8, 4) is 43.9 Å². The third-order valence-electron chi connectivity index (χ3n) is 8.06. The molecular formula is C35H36N10O2S6. The van der Waals surface area contributed by atoms with Gasteiger partial charge in [-0.25, -0.2) is 29.9 Å². The first-order valence-corrected chi connectivity index (χ1v) is 21.7. The molecule has 4 N–H and O–H groups in total. The SMILES string of the molecule is COCCCSc1sc2nc(-c3nccs3)cc(-c3cncn3C)c2c1N.COCCSc1sc2nc(-c3nccs3)cc(-c3cncn3C)c2c1N. The number of imidazole rings is 2. The molecule has 0 fully saturated rings. The summed E-state index contributed by atoms with van der Waals surface area (Å²) in [7, 11) is 7.40. The second-order valence-corrected chi connectivity index (χ2v) is 18.1. The highest BCUT2D eigenvalue weighted by Gasteiger charge is 2.21. The fraction of sp³-hybridized carbons (Fsp3) is 0.257. The van der Waals surface area contributed by atoms with Crippen molar-refractivity contribution < 1.29 is 9.47 Å². The summed E-state index contributed by atoms with van der Waals surface area (Å²) < 4.78 is 16.5. The van der Waals surface area contributed by atoms with Crippen molar-refractivity contribution in [1.29, 1.82) is 0 Å². The van der Waals surface area contributed by atoms with Crippen LogP contribution in [-0.4, -0.2) is 78.0 Å². The van der Waals surface area contributed by atoms with Gasteiger partial charge in [0.15, 0.2) is 0 Å². The van der Waals surface area contributed by atoms with Crippen LogP contribution in [0.3, 0.4) is 0 Å². The van der Waals surface area contributed by atoms with E-state index in [-0.39, 0.29) is 0 Å². The van der Waals surface area contributed by atoms with Gasteiger partial charge in [0, 0.05) is 91.5 Å². The number of ether oxygens (including phenoxy) is 2. The molecule has 0 aromatic carbocycles. The smallest absolute Gasteiger partial charge is 0.141 e. The third kappa shape index (κ3) is 8.00. The first-order chi connectivity index (χ1) is 25.9. The Hall–Kier alpha value is -3.88. The zero-order valence-electron chi connectivity index (χ0n) is 29.3. The van der Waals surface area contributed by atoms with E-state index in [2.05, 4.69) is 32.1 Å². The van der Waals surface area contributed by atoms with Crippen LogP contribution < -0.4 is 11.5 Å². The van der Waals surface area contributed by atoms with Gasteiger partial charge in [-0.15, -0.1) is 68.9 Å². The van der Waals surface area contributed by atoms with Gasteiger partial charge >= 0.3 is 0 Å². The van der Waals surface area contributed by atoms with Crippen LogP contribution in [0.5, 0.6) is 0 Å². The van der Waals surface area contributed by atoms with Crippen molar-refractivity contribution in [3.63, 3.8) is 0 Å². The van der Waals surface area contributed by atoms with Gasteiger partial charge < -0.3 is 30.1 Å². The highest BCUT2D eigenvalue weighted by Crippen LogP contribution is 2.46. The maximum Gasteiger partial charge on any atom is 0.141 e. The van der Waals surface area contributed by atoms with Gasteiger partial charge in [-0.2, -0.15) is 0 Å². The Labute approximate surface area is 330 Å². The molecule has 0 amide bonds. The Morgan fingerprint density at radius 1 is 0.698 bits per heavy atom. The minimum Gasteiger partial charge on any atom is -0.397 e. The van der Waals surface area contributed by atoms with E-state index >= 15 is 0 Å². The third-order valence-corrected chi connectivity index (χ3v) is 14.5. The fourth-order valence-electron chi connectivity index (χ4n) is 5.56. The highest BCUT2D eigenvalue weighted by molar-refractivity contribution is 8.01. The highest BCUT2D eigenvalue weighted by atomic mass is 32.2. The number of aromatic nitrogens is 8. The molecule has 0 aliphatic rings. The van der Waals surface area contributed by atoms with E-state index in [0.29, 0.717) is 6.61 Å². The predicted octanol–water partition coefficient (Wildman–Crippen LogP) is 8.67. The van der Waals surface area contributed by atoms with Crippen molar-refractivity contribution in [2.75, 3.05) is 50.4 Å². The molecule has 53 heavy (non-hydrogen) atoms. The Morgan fingerprint density at radius 3 is 1.60 bits per heavy atom. The minimum atomic E-state index is 0.685. The number of nitrogens with zero attached hydrogens (tertiary/aromatic N) is 8.